The molecule has 1 aromatic rings. The number of carbonyl (C=O) groups is 1. The quantitative estimate of drug-likeness (QED) is 0.606. The summed E-state index contributed by atoms with van der Waals surface area (Å²) in [5, 5.41) is 3.14. The summed E-state index contributed by atoms with van der Waals surface area (Å²) in [5.74, 6) is 0.502. The molecule has 0 bridgehead atoms. The third-order valence-corrected chi connectivity index (χ3v) is 2.05. The van der Waals surface area contributed by atoms with Crippen molar-refractivity contribution in [3.05, 3.63) is 36.4 Å². The minimum Gasteiger partial charge on any atom is -0.497 e. The molecule has 1 aromatic carbocycles. The molecule has 17 heavy (non-hydrogen) atoms. The maximum Gasteiger partial charge on any atom is 0.330 e. The Kier molecular flexibility index (Phi) is 5.64. The predicted molar refractivity (Wildman–Crippen MR) is 67.3 cm³/mol. The summed E-state index contributed by atoms with van der Waals surface area (Å²) in [7, 11) is 1.63. The summed E-state index contributed by atoms with van der Waals surface area (Å²) in [6, 6.07) is 7.57. The number of esters is 1. The zero-order valence-electron chi connectivity index (χ0n) is 10.1. The van der Waals surface area contributed by atoms with Crippen LogP contribution in [0.15, 0.2) is 36.4 Å². The van der Waals surface area contributed by atoms with Crippen molar-refractivity contribution >= 4 is 11.7 Å². The molecule has 4 nitrogen and oxygen atoms in total. The van der Waals surface area contributed by atoms with Gasteiger partial charge in [0, 0.05) is 18.3 Å². The summed E-state index contributed by atoms with van der Waals surface area (Å²) in [5.41, 5.74) is 0.972. The summed E-state index contributed by atoms with van der Waals surface area (Å²) < 4.78 is 9.80. The molecule has 0 spiro atoms. The highest BCUT2D eigenvalue weighted by Crippen LogP contribution is 2.14. The Hall–Kier alpha value is -1.97. The molecule has 0 amide bonds. The molecule has 1 rings (SSSR count). The number of anilines is 1. The molecule has 0 saturated carbocycles. The van der Waals surface area contributed by atoms with Crippen molar-refractivity contribution in [2.24, 2.45) is 0 Å². The largest absolute Gasteiger partial charge is 0.497 e. The normalized spacial score (nSPS) is 10.2. The number of ether oxygens (including phenoxy) is 2. The van der Waals surface area contributed by atoms with Crippen molar-refractivity contribution in [3.63, 3.8) is 0 Å². The first-order chi connectivity index (χ1) is 8.26. The Morgan fingerprint density at radius 2 is 2.06 bits per heavy atom. The molecule has 4 heteroatoms. The van der Waals surface area contributed by atoms with Crippen LogP contribution in [0.4, 0.5) is 5.69 Å². The zero-order valence-corrected chi connectivity index (χ0v) is 10.1. The lowest BCUT2D eigenvalue weighted by Crippen LogP contribution is -2.02. The number of nitrogens with one attached hydrogen (secondary N) is 1. The van der Waals surface area contributed by atoms with E-state index in [9.17, 15) is 4.79 Å². The number of carbonyl (C=O) groups excluding carboxylic acids is 1. The maximum atomic E-state index is 11.0. The molecule has 0 aliphatic heterocycles. The van der Waals surface area contributed by atoms with Gasteiger partial charge in [0.2, 0.25) is 0 Å². The highest BCUT2D eigenvalue weighted by Gasteiger charge is 1.93. The second-order valence-corrected chi connectivity index (χ2v) is 3.26. The fraction of sp³-hybridized carbons (Fsp3) is 0.308. The van der Waals surface area contributed by atoms with Crippen molar-refractivity contribution in [1.82, 2.24) is 0 Å². The molecule has 0 unspecified atom stereocenters. The number of hydrogen-bond acceptors (Lipinski definition) is 4. The fourth-order valence-electron chi connectivity index (χ4n) is 1.23. The van der Waals surface area contributed by atoms with Crippen LogP contribution in [0, 0.1) is 0 Å². The summed E-state index contributed by atoms with van der Waals surface area (Å²) in [6.45, 7) is 2.75. The zero-order chi connectivity index (χ0) is 12.5. The van der Waals surface area contributed by atoms with Gasteiger partial charge in [-0.15, -0.1) is 0 Å². The molecule has 0 saturated heterocycles. The Balaban J connectivity index is 2.32. The smallest absolute Gasteiger partial charge is 0.330 e. The Morgan fingerprint density at radius 1 is 1.35 bits per heavy atom. The number of benzene rings is 1. The molecule has 92 valence electrons. The standard InChI is InChI=1S/C13H17NO3/c1-3-17-13(15)5-4-10-14-11-6-8-12(16-2)9-7-11/h4-9,14H,3,10H2,1-2H3/b5-4+. The third kappa shape index (κ3) is 5.06. The highest BCUT2D eigenvalue weighted by atomic mass is 16.5. The van der Waals surface area contributed by atoms with E-state index in [2.05, 4.69) is 5.32 Å². The molecule has 0 fully saturated rings. The van der Waals surface area contributed by atoms with Crippen LogP contribution in [0.2, 0.25) is 0 Å². The van der Waals surface area contributed by atoms with Gasteiger partial charge in [0.15, 0.2) is 0 Å². The first-order valence-corrected chi connectivity index (χ1v) is 5.47. The van der Waals surface area contributed by atoms with Gasteiger partial charge in [-0.3, -0.25) is 0 Å². The Morgan fingerprint density at radius 3 is 2.65 bits per heavy atom. The predicted octanol–water partition coefficient (Wildman–Crippen LogP) is 2.23. The van der Waals surface area contributed by atoms with E-state index in [1.165, 1.54) is 6.08 Å². The van der Waals surface area contributed by atoms with Crippen LogP contribution in [-0.4, -0.2) is 26.2 Å². The van der Waals surface area contributed by atoms with Crippen LogP contribution in [0.25, 0.3) is 0 Å². The number of hydrogen-bond donors (Lipinski definition) is 1. The second-order valence-electron chi connectivity index (χ2n) is 3.26. The average Bonchev–Trinajstić information content (AvgIpc) is 2.36. The van der Waals surface area contributed by atoms with Crippen LogP contribution in [-0.2, 0) is 9.53 Å². The molecule has 0 aliphatic carbocycles. The van der Waals surface area contributed by atoms with E-state index in [4.69, 9.17) is 9.47 Å². The van der Waals surface area contributed by atoms with E-state index in [-0.39, 0.29) is 5.97 Å². The van der Waals surface area contributed by atoms with E-state index in [0.717, 1.165) is 11.4 Å². The summed E-state index contributed by atoms with van der Waals surface area (Å²) in [6.07, 6.45) is 3.14. The van der Waals surface area contributed by atoms with E-state index in [1.807, 2.05) is 24.3 Å². The number of rotatable bonds is 6. The molecule has 1 N–H and O–H groups in total. The molecule has 0 aliphatic rings. The van der Waals surface area contributed by atoms with E-state index in [1.54, 1.807) is 20.1 Å². The molecule has 0 radical (unpaired) electrons. The van der Waals surface area contributed by atoms with Gasteiger partial charge < -0.3 is 14.8 Å². The first kappa shape index (κ1) is 13.1. The summed E-state index contributed by atoms with van der Waals surface area (Å²) in [4.78, 5) is 11.0. The van der Waals surface area contributed by atoms with Gasteiger partial charge in [-0.2, -0.15) is 0 Å². The van der Waals surface area contributed by atoms with E-state index >= 15 is 0 Å². The van der Waals surface area contributed by atoms with Crippen LogP contribution in [0.5, 0.6) is 5.75 Å². The lowest BCUT2D eigenvalue weighted by molar-refractivity contribution is -0.137. The lowest BCUT2D eigenvalue weighted by atomic mass is 10.3. The van der Waals surface area contributed by atoms with Gasteiger partial charge >= 0.3 is 5.97 Å². The molecular weight excluding hydrogens is 218 g/mol. The Bertz CT molecular complexity index is 371. The van der Waals surface area contributed by atoms with Crippen LogP contribution in [0.3, 0.4) is 0 Å². The van der Waals surface area contributed by atoms with Crippen molar-refractivity contribution < 1.29 is 14.3 Å². The van der Waals surface area contributed by atoms with Crippen molar-refractivity contribution in [1.29, 1.82) is 0 Å². The van der Waals surface area contributed by atoms with Crippen molar-refractivity contribution in [2.75, 3.05) is 25.6 Å². The van der Waals surface area contributed by atoms with Crippen LogP contribution >= 0.6 is 0 Å². The highest BCUT2D eigenvalue weighted by molar-refractivity contribution is 5.81. The van der Waals surface area contributed by atoms with Gasteiger partial charge in [-0.05, 0) is 31.2 Å². The van der Waals surface area contributed by atoms with E-state index < -0.39 is 0 Å². The molecule has 0 aromatic heterocycles. The monoisotopic (exact) mass is 235 g/mol. The second kappa shape index (κ2) is 7.33. The Labute approximate surface area is 101 Å². The van der Waals surface area contributed by atoms with Crippen molar-refractivity contribution in [3.8, 4) is 5.75 Å². The molecular formula is C13H17NO3. The van der Waals surface area contributed by atoms with Gasteiger partial charge in [0.25, 0.3) is 0 Å². The van der Waals surface area contributed by atoms with Crippen LogP contribution in [0.1, 0.15) is 6.92 Å². The first-order valence-electron chi connectivity index (χ1n) is 5.47. The van der Waals surface area contributed by atoms with Crippen LogP contribution < -0.4 is 10.1 Å². The van der Waals surface area contributed by atoms with Gasteiger partial charge in [-0.25, -0.2) is 4.79 Å². The van der Waals surface area contributed by atoms with Gasteiger partial charge in [0.05, 0.1) is 13.7 Å². The SMILES string of the molecule is CCOC(=O)/C=C/CNc1ccc(OC)cc1. The van der Waals surface area contributed by atoms with Gasteiger partial charge in [0.1, 0.15) is 5.75 Å². The lowest BCUT2D eigenvalue weighted by Gasteiger charge is -2.04. The third-order valence-electron chi connectivity index (χ3n) is 2.05. The van der Waals surface area contributed by atoms with Gasteiger partial charge in [-0.1, -0.05) is 6.08 Å². The molecule has 0 atom stereocenters. The maximum absolute atomic E-state index is 11.0. The minimum absolute atomic E-state index is 0.316. The minimum atomic E-state index is -0.316. The molecule has 0 heterocycles. The summed E-state index contributed by atoms with van der Waals surface area (Å²) >= 11 is 0. The van der Waals surface area contributed by atoms with E-state index in [0.29, 0.717) is 13.2 Å². The fourth-order valence-corrected chi connectivity index (χ4v) is 1.23. The number of methoxy groups -OCH3 is 1. The topological polar surface area (TPSA) is 47.6 Å². The average molecular weight is 235 g/mol. The van der Waals surface area contributed by atoms with Crippen molar-refractivity contribution in [2.45, 2.75) is 6.92 Å².